The average molecular weight is 428 g/mol. The number of hydrogen-bond acceptors (Lipinski definition) is 4. The van der Waals surface area contributed by atoms with Crippen LogP contribution in [0.3, 0.4) is 0 Å². The molecule has 11 heteroatoms. The van der Waals surface area contributed by atoms with E-state index in [1.807, 2.05) is 0 Å². The third-order valence-electron chi connectivity index (χ3n) is 4.62. The normalized spacial score (nSPS) is 11.6. The van der Waals surface area contributed by atoms with E-state index in [1.54, 1.807) is 0 Å². The highest BCUT2D eigenvalue weighted by Crippen LogP contribution is 2.35. The lowest BCUT2D eigenvalue weighted by Crippen LogP contribution is -2.25. The summed E-state index contributed by atoms with van der Waals surface area (Å²) in [5.41, 5.74) is -3.00. The Kier molecular flexibility index (Phi) is 5.31. The SMILES string of the molecule is CNc1ccc(C(F)(F)F)c(-n2c(=O)c(C)c(-c3c(F)cc(OC)cc3F)n2C)n1. The molecule has 0 aliphatic carbocycles. The molecule has 2 heterocycles. The van der Waals surface area contributed by atoms with Crippen LogP contribution in [-0.2, 0) is 13.2 Å². The van der Waals surface area contributed by atoms with Gasteiger partial charge in [-0.25, -0.2) is 13.8 Å². The first-order chi connectivity index (χ1) is 14.0. The Hall–Kier alpha value is -3.37. The van der Waals surface area contributed by atoms with E-state index in [0.29, 0.717) is 4.68 Å². The molecule has 0 unspecified atom stereocenters. The van der Waals surface area contributed by atoms with Gasteiger partial charge in [-0.2, -0.15) is 17.9 Å². The lowest BCUT2D eigenvalue weighted by Gasteiger charge is -2.16. The second-order valence-corrected chi connectivity index (χ2v) is 6.40. The number of rotatable bonds is 4. The zero-order valence-electron chi connectivity index (χ0n) is 16.4. The fourth-order valence-electron chi connectivity index (χ4n) is 3.19. The number of alkyl halides is 3. The molecule has 2 aromatic heterocycles. The number of halogens is 5. The van der Waals surface area contributed by atoms with Crippen LogP contribution in [0, 0.1) is 18.6 Å². The first kappa shape index (κ1) is 21.3. The van der Waals surface area contributed by atoms with Gasteiger partial charge in [0.25, 0.3) is 5.56 Å². The van der Waals surface area contributed by atoms with Gasteiger partial charge in [0, 0.05) is 31.8 Å². The number of anilines is 1. The molecule has 160 valence electrons. The molecule has 1 aromatic carbocycles. The van der Waals surface area contributed by atoms with Crippen molar-refractivity contribution in [2.24, 2.45) is 7.05 Å². The fourth-order valence-corrected chi connectivity index (χ4v) is 3.19. The number of methoxy groups -OCH3 is 1. The van der Waals surface area contributed by atoms with Gasteiger partial charge in [-0.15, -0.1) is 0 Å². The summed E-state index contributed by atoms with van der Waals surface area (Å²) in [6.07, 6.45) is -4.82. The Labute approximate surface area is 167 Å². The van der Waals surface area contributed by atoms with Crippen molar-refractivity contribution in [3.8, 4) is 22.8 Å². The Bertz CT molecular complexity index is 1160. The highest BCUT2D eigenvalue weighted by molar-refractivity contribution is 5.66. The minimum absolute atomic E-state index is 0.0760. The summed E-state index contributed by atoms with van der Waals surface area (Å²) in [7, 11) is 3.90. The van der Waals surface area contributed by atoms with Gasteiger partial charge in [-0.3, -0.25) is 9.48 Å². The number of pyridine rings is 1. The monoisotopic (exact) mass is 428 g/mol. The molecule has 1 N–H and O–H groups in total. The van der Waals surface area contributed by atoms with Crippen molar-refractivity contribution in [1.82, 2.24) is 14.3 Å². The summed E-state index contributed by atoms with van der Waals surface area (Å²) >= 11 is 0. The number of ether oxygens (including phenoxy) is 1. The van der Waals surface area contributed by atoms with Crippen LogP contribution in [0.5, 0.6) is 5.75 Å². The van der Waals surface area contributed by atoms with Crippen molar-refractivity contribution in [1.29, 1.82) is 0 Å². The zero-order chi connectivity index (χ0) is 22.4. The van der Waals surface area contributed by atoms with Crippen LogP contribution in [0.4, 0.5) is 27.8 Å². The van der Waals surface area contributed by atoms with Crippen molar-refractivity contribution < 1.29 is 26.7 Å². The summed E-state index contributed by atoms with van der Waals surface area (Å²) < 4.78 is 76.3. The van der Waals surface area contributed by atoms with E-state index >= 15 is 0 Å². The minimum Gasteiger partial charge on any atom is -0.497 e. The van der Waals surface area contributed by atoms with E-state index in [0.717, 1.165) is 28.9 Å². The van der Waals surface area contributed by atoms with Gasteiger partial charge in [-0.05, 0) is 19.1 Å². The number of nitrogens with zero attached hydrogens (tertiary/aromatic N) is 3. The van der Waals surface area contributed by atoms with Gasteiger partial charge in [0.2, 0.25) is 0 Å². The highest BCUT2D eigenvalue weighted by atomic mass is 19.4. The van der Waals surface area contributed by atoms with Gasteiger partial charge in [0.15, 0.2) is 5.82 Å². The molecule has 0 amide bonds. The van der Waals surface area contributed by atoms with Crippen LogP contribution in [0.25, 0.3) is 17.1 Å². The van der Waals surface area contributed by atoms with Crippen LogP contribution in [0.1, 0.15) is 11.1 Å². The largest absolute Gasteiger partial charge is 0.497 e. The number of aromatic nitrogens is 3. The second kappa shape index (κ2) is 7.47. The van der Waals surface area contributed by atoms with Crippen molar-refractivity contribution in [2.75, 3.05) is 19.5 Å². The van der Waals surface area contributed by atoms with Crippen molar-refractivity contribution in [3.63, 3.8) is 0 Å². The molecular weight excluding hydrogens is 411 g/mol. The van der Waals surface area contributed by atoms with Crippen molar-refractivity contribution in [2.45, 2.75) is 13.1 Å². The zero-order valence-corrected chi connectivity index (χ0v) is 16.4. The van der Waals surface area contributed by atoms with Crippen LogP contribution in [-0.4, -0.2) is 28.5 Å². The van der Waals surface area contributed by atoms with Crippen LogP contribution in [0.15, 0.2) is 29.1 Å². The quantitative estimate of drug-likeness (QED) is 0.641. The third kappa shape index (κ3) is 3.40. The molecule has 3 rings (SSSR count). The number of hydrogen-bond donors (Lipinski definition) is 1. The van der Waals surface area contributed by atoms with Crippen LogP contribution in [0.2, 0.25) is 0 Å². The Morgan fingerprint density at radius 2 is 1.73 bits per heavy atom. The van der Waals surface area contributed by atoms with Crippen LogP contribution >= 0.6 is 0 Å². The number of nitrogens with one attached hydrogen (secondary N) is 1. The molecular formula is C19H17F5N4O2. The Morgan fingerprint density at radius 1 is 1.13 bits per heavy atom. The predicted molar refractivity (Wildman–Crippen MR) is 100.0 cm³/mol. The van der Waals surface area contributed by atoms with E-state index in [9.17, 15) is 26.7 Å². The smallest absolute Gasteiger partial charge is 0.420 e. The molecule has 0 spiro atoms. The summed E-state index contributed by atoms with van der Waals surface area (Å²) in [6, 6.07) is 3.72. The summed E-state index contributed by atoms with van der Waals surface area (Å²) in [5.74, 6) is -2.79. The molecule has 0 aliphatic rings. The van der Waals surface area contributed by atoms with Crippen molar-refractivity contribution in [3.05, 3.63) is 57.4 Å². The molecule has 0 saturated heterocycles. The molecule has 0 radical (unpaired) electrons. The van der Waals surface area contributed by atoms with Gasteiger partial charge < -0.3 is 10.1 Å². The maximum Gasteiger partial charge on any atom is 0.420 e. The first-order valence-electron chi connectivity index (χ1n) is 8.59. The minimum atomic E-state index is -4.82. The molecule has 0 saturated carbocycles. The predicted octanol–water partition coefficient (Wildman–Crippen LogP) is 3.89. The standard InChI is InChI=1S/C19H17F5N4O2/c1-9-16(15-12(20)7-10(30-4)8-13(15)21)27(3)28(18(9)29)17-11(19(22,23)24)5-6-14(25-2)26-17/h5-8H,1-4H3,(H,25,26). The Balaban J connectivity index is 2.37. The topological polar surface area (TPSA) is 61.1 Å². The van der Waals surface area contributed by atoms with Crippen LogP contribution < -0.4 is 15.6 Å². The average Bonchev–Trinajstić information content (AvgIpc) is 2.89. The first-order valence-corrected chi connectivity index (χ1v) is 8.59. The van der Waals surface area contributed by atoms with Crippen molar-refractivity contribution >= 4 is 5.82 Å². The van der Waals surface area contributed by atoms with Gasteiger partial charge in [0.05, 0.1) is 18.4 Å². The molecule has 0 aliphatic heterocycles. The maximum atomic E-state index is 14.6. The summed E-state index contributed by atoms with van der Waals surface area (Å²) in [4.78, 5) is 16.7. The van der Waals surface area contributed by atoms with Gasteiger partial charge in [0.1, 0.15) is 28.8 Å². The molecule has 0 atom stereocenters. The van der Waals surface area contributed by atoms with E-state index in [-0.39, 0.29) is 22.8 Å². The summed E-state index contributed by atoms with van der Waals surface area (Å²) in [5, 5.41) is 2.60. The van der Waals surface area contributed by atoms with E-state index in [2.05, 4.69) is 10.3 Å². The molecule has 3 aromatic rings. The molecule has 0 fully saturated rings. The lowest BCUT2D eigenvalue weighted by molar-refractivity contribution is -0.137. The second-order valence-electron chi connectivity index (χ2n) is 6.40. The maximum absolute atomic E-state index is 14.6. The van der Waals surface area contributed by atoms with E-state index in [4.69, 9.17) is 4.74 Å². The van der Waals surface area contributed by atoms with Gasteiger partial charge in [-0.1, -0.05) is 0 Å². The molecule has 6 nitrogen and oxygen atoms in total. The fraction of sp³-hybridized carbons (Fsp3) is 0.263. The third-order valence-corrected chi connectivity index (χ3v) is 4.62. The number of benzene rings is 1. The molecule has 30 heavy (non-hydrogen) atoms. The van der Waals surface area contributed by atoms with E-state index < -0.39 is 40.3 Å². The summed E-state index contributed by atoms with van der Waals surface area (Å²) in [6.45, 7) is 1.27. The Morgan fingerprint density at radius 3 is 2.23 bits per heavy atom. The van der Waals surface area contributed by atoms with Gasteiger partial charge >= 0.3 is 6.18 Å². The van der Waals surface area contributed by atoms with E-state index in [1.165, 1.54) is 28.1 Å². The highest BCUT2D eigenvalue weighted by Gasteiger charge is 2.37. The lowest BCUT2D eigenvalue weighted by atomic mass is 10.1. The molecule has 0 bridgehead atoms.